The highest BCUT2D eigenvalue weighted by molar-refractivity contribution is 5.82. The summed E-state index contributed by atoms with van der Waals surface area (Å²) in [6.45, 7) is 1.76. The Labute approximate surface area is 85.3 Å². The predicted octanol–water partition coefficient (Wildman–Crippen LogP) is -0.907. The van der Waals surface area contributed by atoms with Crippen LogP contribution in [0.1, 0.15) is 12.7 Å². The molecule has 1 aromatic heterocycles. The van der Waals surface area contributed by atoms with E-state index in [1.54, 1.807) is 4.57 Å². The van der Waals surface area contributed by atoms with Gasteiger partial charge in [0.25, 0.3) is 0 Å². The smallest absolute Gasteiger partial charge is 0.328 e. The standard InChI is InChI=1S/C8H10N4O3/c1-5(13)12-3-7-10-9-4-11(7)2-6(12)8(14)15/h4,6H,2-3H2,1H3,(H,14,15). The second-order valence-corrected chi connectivity index (χ2v) is 3.40. The molecule has 0 aliphatic carbocycles. The summed E-state index contributed by atoms with van der Waals surface area (Å²) in [5, 5.41) is 16.5. The quantitative estimate of drug-likeness (QED) is 0.648. The van der Waals surface area contributed by atoms with Gasteiger partial charge in [-0.15, -0.1) is 10.2 Å². The number of carboxylic acid groups (broad SMARTS) is 1. The van der Waals surface area contributed by atoms with Gasteiger partial charge in [0, 0.05) is 6.92 Å². The Hall–Kier alpha value is -1.92. The molecule has 0 radical (unpaired) electrons. The molecule has 0 saturated carbocycles. The van der Waals surface area contributed by atoms with Crippen LogP contribution in [0.15, 0.2) is 6.33 Å². The van der Waals surface area contributed by atoms with Crippen molar-refractivity contribution in [2.45, 2.75) is 26.1 Å². The Kier molecular flexibility index (Phi) is 2.14. The molecule has 1 aliphatic heterocycles. The fraction of sp³-hybridized carbons (Fsp3) is 0.500. The van der Waals surface area contributed by atoms with Gasteiger partial charge in [-0.3, -0.25) is 4.79 Å². The molecule has 0 bridgehead atoms. The highest BCUT2D eigenvalue weighted by Gasteiger charge is 2.33. The maximum atomic E-state index is 11.3. The number of hydrogen-bond donors (Lipinski definition) is 1. The monoisotopic (exact) mass is 210 g/mol. The van der Waals surface area contributed by atoms with Gasteiger partial charge in [-0.2, -0.15) is 0 Å². The molecular weight excluding hydrogens is 200 g/mol. The van der Waals surface area contributed by atoms with Crippen molar-refractivity contribution in [3.63, 3.8) is 0 Å². The maximum absolute atomic E-state index is 11.3. The molecule has 1 aromatic rings. The van der Waals surface area contributed by atoms with Gasteiger partial charge in [0.05, 0.1) is 13.1 Å². The molecule has 2 rings (SSSR count). The van der Waals surface area contributed by atoms with Crippen LogP contribution in [0.4, 0.5) is 0 Å². The number of nitrogens with zero attached hydrogens (tertiary/aromatic N) is 4. The summed E-state index contributed by atoms with van der Waals surface area (Å²) in [6.07, 6.45) is 1.47. The van der Waals surface area contributed by atoms with Gasteiger partial charge in [-0.05, 0) is 0 Å². The number of hydrogen-bond acceptors (Lipinski definition) is 4. The van der Waals surface area contributed by atoms with Crippen molar-refractivity contribution < 1.29 is 14.7 Å². The maximum Gasteiger partial charge on any atom is 0.328 e. The summed E-state index contributed by atoms with van der Waals surface area (Å²) in [6, 6.07) is -0.828. The highest BCUT2D eigenvalue weighted by atomic mass is 16.4. The van der Waals surface area contributed by atoms with Crippen LogP contribution in [-0.2, 0) is 22.7 Å². The van der Waals surface area contributed by atoms with Crippen molar-refractivity contribution in [3.8, 4) is 0 Å². The predicted molar refractivity (Wildman–Crippen MR) is 47.7 cm³/mol. The van der Waals surface area contributed by atoms with Crippen molar-refractivity contribution in [1.29, 1.82) is 0 Å². The van der Waals surface area contributed by atoms with Crippen LogP contribution in [0, 0.1) is 0 Å². The van der Waals surface area contributed by atoms with E-state index >= 15 is 0 Å². The summed E-state index contributed by atoms with van der Waals surface area (Å²) in [5.74, 6) is -0.663. The summed E-state index contributed by atoms with van der Waals surface area (Å²) in [4.78, 5) is 23.5. The van der Waals surface area contributed by atoms with Crippen LogP contribution in [-0.4, -0.2) is 42.7 Å². The average Bonchev–Trinajstić information content (AvgIpc) is 2.61. The second-order valence-electron chi connectivity index (χ2n) is 3.40. The van der Waals surface area contributed by atoms with Gasteiger partial charge in [0.2, 0.25) is 5.91 Å². The molecule has 0 spiro atoms. The van der Waals surface area contributed by atoms with E-state index in [2.05, 4.69) is 10.2 Å². The van der Waals surface area contributed by atoms with Gasteiger partial charge < -0.3 is 14.6 Å². The third-order valence-corrected chi connectivity index (χ3v) is 2.44. The first-order chi connectivity index (χ1) is 7.09. The zero-order valence-electron chi connectivity index (χ0n) is 8.12. The molecule has 0 aromatic carbocycles. The highest BCUT2D eigenvalue weighted by Crippen LogP contribution is 2.15. The van der Waals surface area contributed by atoms with Crippen LogP contribution in [0.5, 0.6) is 0 Å². The minimum Gasteiger partial charge on any atom is -0.480 e. The fourth-order valence-electron chi connectivity index (χ4n) is 1.64. The minimum atomic E-state index is -1.01. The van der Waals surface area contributed by atoms with Crippen molar-refractivity contribution in [1.82, 2.24) is 19.7 Å². The number of aliphatic carboxylic acids is 1. The molecular formula is C8H10N4O3. The van der Waals surface area contributed by atoms with E-state index in [9.17, 15) is 9.59 Å². The van der Waals surface area contributed by atoms with Crippen LogP contribution < -0.4 is 0 Å². The molecule has 1 atom stereocenters. The SMILES string of the molecule is CC(=O)N1Cc2nncn2CC1C(=O)O. The fourth-order valence-corrected chi connectivity index (χ4v) is 1.64. The van der Waals surface area contributed by atoms with Crippen LogP contribution in [0.3, 0.4) is 0 Å². The minimum absolute atomic E-state index is 0.201. The van der Waals surface area contributed by atoms with E-state index in [1.165, 1.54) is 18.2 Å². The molecule has 2 heterocycles. The van der Waals surface area contributed by atoms with Crippen LogP contribution in [0.25, 0.3) is 0 Å². The lowest BCUT2D eigenvalue weighted by molar-refractivity contribution is -0.151. The molecule has 7 heteroatoms. The summed E-state index contributed by atoms with van der Waals surface area (Å²) < 4.78 is 1.65. The van der Waals surface area contributed by atoms with Gasteiger partial charge >= 0.3 is 5.97 Å². The molecule has 7 nitrogen and oxygen atoms in total. The van der Waals surface area contributed by atoms with Crippen molar-refractivity contribution in [2.24, 2.45) is 0 Å². The Balaban J connectivity index is 2.33. The normalized spacial score (nSPS) is 19.8. The number of rotatable bonds is 1. The van der Waals surface area contributed by atoms with E-state index in [-0.39, 0.29) is 19.0 Å². The number of aromatic nitrogens is 3. The number of amides is 1. The van der Waals surface area contributed by atoms with Crippen LogP contribution in [0.2, 0.25) is 0 Å². The topological polar surface area (TPSA) is 88.3 Å². The van der Waals surface area contributed by atoms with Crippen LogP contribution >= 0.6 is 0 Å². The van der Waals surface area contributed by atoms with Gasteiger partial charge in [0.15, 0.2) is 5.82 Å². The molecule has 1 amide bonds. The van der Waals surface area contributed by atoms with Crippen molar-refractivity contribution >= 4 is 11.9 Å². The van der Waals surface area contributed by atoms with Gasteiger partial charge in [-0.25, -0.2) is 4.79 Å². The Morgan fingerprint density at radius 1 is 1.60 bits per heavy atom. The largest absolute Gasteiger partial charge is 0.480 e. The number of carbonyl (C=O) groups excluding carboxylic acids is 1. The van der Waals surface area contributed by atoms with E-state index in [0.717, 1.165) is 0 Å². The summed E-state index contributed by atoms with van der Waals surface area (Å²) in [5.41, 5.74) is 0. The lowest BCUT2D eigenvalue weighted by atomic mass is 10.2. The second kappa shape index (κ2) is 3.34. The molecule has 80 valence electrons. The van der Waals surface area contributed by atoms with Gasteiger partial charge in [-0.1, -0.05) is 0 Å². The van der Waals surface area contributed by atoms with E-state index in [1.807, 2.05) is 0 Å². The van der Waals surface area contributed by atoms with Crippen molar-refractivity contribution in [3.05, 3.63) is 12.2 Å². The third-order valence-electron chi connectivity index (χ3n) is 2.44. The molecule has 1 unspecified atom stereocenters. The third kappa shape index (κ3) is 1.56. The zero-order valence-corrected chi connectivity index (χ0v) is 8.12. The summed E-state index contributed by atoms with van der Waals surface area (Å²) in [7, 11) is 0. The van der Waals surface area contributed by atoms with E-state index in [0.29, 0.717) is 5.82 Å². The van der Waals surface area contributed by atoms with E-state index < -0.39 is 12.0 Å². The van der Waals surface area contributed by atoms with Crippen molar-refractivity contribution in [2.75, 3.05) is 0 Å². The lowest BCUT2D eigenvalue weighted by Gasteiger charge is -2.32. The lowest BCUT2D eigenvalue weighted by Crippen LogP contribution is -2.49. The Morgan fingerprint density at radius 2 is 2.33 bits per heavy atom. The Morgan fingerprint density at radius 3 is 2.93 bits per heavy atom. The van der Waals surface area contributed by atoms with E-state index in [4.69, 9.17) is 5.11 Å². The number of fused-ring (bicyclic) bond motifs is 1. The molecule has 0 saturated heterocycles. The molecule has 1 N–H and O–H groups in total. The first kappa shape index (κ1) is 9.63. The molecule has 1 aliphatic rings. The number of carboxylic acids is 1. The zero-order chi connectivity index (χ0) is 11.0. The first-order valence-electron chi connectivity index (χ1n) is 4.46. The summed E-state index contributed by atoms with van der Waals surface area (Å²) >= 11 is 0. The first-order valence-corrected chi connectivity index (χ1v) is 4.46. The molecule has 15 heavy (non-hydrogen) atoms. The molecule has 0 fully saturated rings. The van der Waals surface area contributed by atoms with Gasteiger partial charge in [0.1, 0.15) is 12.4 Å². The average molecular weight is 210 g/mol. The Bertz CT molecular complexity index is 377. The number of carbonyl (C=O) groups is 2.